The summed E-state index contributed by atoms with van der Waals surface area (Å²) in [6, 6.07) is 15.9. The summed E-state index contributed by atoms with van der Waals surface area (Å²) < 4.78 is 8.54. The van der Waals surface area contributed by atoms with Crippen LogP contribution in [0.25, 0.3) is 16.6 Å². The van der Waals surface area contributed by atoms with Crippen LogP contribution in [0.3, 0.4) is 0 Å². The van der Waals surface area contributed by atoms with E-state index < -0.39 is 0 Å². The molecule has 0 amide bonds. The highest BCUT2D eigenvalue weighted by molar-refractivity contribution is 5.76. The topological polar surface area (TPSA) is 93.1 Å². The molecule has 5 rings (SSSR count). The highest BCUT2D eigenvalue weighted by atomic mass is 16.5. The lowest BCUT2D eigenvalue weighted by atomic mass is 10.1. The minimum atomic E-state index is 0.486. The lowest BCUT2D eigenvalue weighted by molar-refractivity contribution is 0.397. The Hall–Kier alpha value is -5.08. The Morgan fingerprint density at radius 1 is 0.943 bits per heavy atom. The number of rotatable bonds is 5. The third-order valence-corrected chi connectivity index (χ3v) is 5.50. The summed E-state index contributed by atoms with van der Waals surface area (Å²) in [6.45, 7) is 0.652. The largest absolute Gasteiger partial charge is 0.481 e. The van der Waals surface area contributed by atoms with Crippen molar-refractivity contribution in [2.45, 2.75) is 6.54 Å². The van der Waals surface area contributed by atoms with E-state index in [4.69, 9.17) is 4.74 Å². The molecule has 0 radical (unpaired) electrons. The number of fused-ring (bicyclic) bond motifs is 1. The van der Waals surface area contributed by atoms with Crippen molar-refractivity contribution in [1.29, 1.82) is 5.26 Å². The lowest BCUT2D eigenvalue weighted by Crippen LogP contribution is -2.00. The number of nitrogens with one attached hydrogen (secondary N) is 1. The Labute approximate surface area is 202 Å². The van der Waals surface area contributed by atoms with E-state index in [2.05, 4.69) is 38.4 Å². The van der Waals surface area contributed by atoms with Crippen LogP contribution >= 0.6 is 0 Å². The van der Waals surface area contributed by atoms with Crippen LogP contribution in [0.1, 0.15) is 22.3 Å². The molecule has 4 heterocycles. The van der Waals surface area contributed by atoms with Gasteiger partial charge < -0.3 is 10.1 Å². The number of anilines is 1. The van der Waals surface area contributed by atoms with Gasteiger partial charge in [-0.2, -0.15) is 15.5 Å². The first kappa shape index (κ1) is 21.7. The summed E-state index contributed by atoms with van der Waals surface area (Å²) in [5.74, 6) is 7.05. The number of hydrogen-bond donors (Lipinski definition) is 1. The average Bonchev–Trinajstić information content (AvgIpc) is 3.53. The molecule has 0 unspecified atom stereocenters. The summed E-state index contributed by atoms with van der Waals surface area (Å²) in [7, 11) is 3.47. The fraction of sp³-hybridized carbons (Fsp3) is 0.111. The van der Waals surface area contributed by atoms with Gasteiger partial charge in [0.05, 0.1) is 36.1 Å². The molecule has 0 saturated carbocycles. The summed E-state index contributed by atoms with van der Waals surface area (Å²) in [6.07, 6.45) is 8.96. The van der Waals surface area contributed by atoms with Crippen LogP contribution in [0.2, 0.25) is 0 Å². The normalized spacial score (nSPS) is 10.4. The molecule has 1 N–H and O–H groups in total. The fourth-order valence-corrected chi connectivity index (χ4v) is 3.68. The molecule has 8 nitrogen and oxygen atoms in total. The van der Waals surface area contributed by atoms with Gasteiger partial charge in [-0.1, -0.05) is 17.9 Å². The van der Waals surface area contributed by atoms with Crippen LogP contribution < -0.4 is 10.1 Å². The molecular weight excluding hydrogens is 438 g/mol. The summed E-state index contributed by atoms with van der Waals surface area (Å²) in [5, 5.41) is 21.5. The molecule has 1 aromatic carbocycles. The number of aryl methyl sites for hydroxylation is 1. The summed E-state index contributed by atoms with van der Waals surface area (Å²) in [4.78, 5) is 4.22. The van der Waals surface area contributed by atoms with Crippen LogP contribution in [-0.2, 0) is 13.6 Å². The first-order valence-electron chi connectivity index (χ1n) is 10.9. The molecule has 0 bridgehead atoms. The molecule has 0 aliphatic rings. The van der Waals surface area contributed by atoms with Crippen molar-refractivity contribution < 1.29 is 4.74 Å². The SMILES string of the molecule is COc1ccc(CNc2ccc(C#Cc3cc(-c4cnn(C)c4)cn4ncc(C#N)c34)cc2)cn1. The van der Waals surface area contributed by atoms with Crippen LogP contribution in [0.15, 0.2) is 73.4 Å². The lowest BCUT2D eigenvalue weighted by Gasteiger charge is -2.07. The molecule has 4 aromatic heterocycles. The third-order valence-electron chi connectivity index (χ3n) is 5.50. The second-order valence-corrected chi connectivity index (χ2v) is 7.90. The van der Waals surface area contributed by atoms with E-state index >= 15 is 0 Å². The fourth-order valence-electron chi connectivity index (χ4n) is 3.68. The molecule has 0 atom stereocenters. The van der Waals surface area contributed by atoms with Gasteiger partial charge in [0.1, 0.15) is 6.07 Å². The highest BCUT2D eigenvalue weighted by Gasteiger charge is 2.11. The molecule has 0 spiro atoms. The zero-order valence-electron chi connectivity index (χ0n) is 19.2. The molecule has 0 aliphatic heterocycles. The van der Waals surface area contributed by atoms with Crippen LogP contribution in [0, 0.1) is 23.2 Å². The number of nitriles is 1. The van der Waals surface area contributed by atoms with Crippen molar-refractivity contribution in [3.8, 4) is 34.9 Å². The van der Waals surface area contributed by atoms with Gasteiger partial charge in [0.2, 0.25) is 5.88 Å². The maximum atomic E-state index is 9.53. The van der Waals surface area contributed by atoms with E-state index in [-0.39, 0.29) is 0 Å². The van der Waals surface area contributed by atoms with Gasteiger partial charge in [-0.25, -0.2) is 9.50 Å². The zero-order valence-corrected chi connectivity index (χ0v) is 19.2. The van der Waals surface area contributed by atoms with Crippen molar-refractivity contribution in [2.24, 2.45) is 7.05 Å². The number of ether oxygens (including phenoxy) is 1. The van der Waals surface area contributed by atoms with Crippen molar-refractivity contribution in [3.05, 3.63) is 95.7 Å². The van der Waals surface area contributed by atoms with E-state index in [0.29, 0.717) is 23.5 Å². The quantitative estimate of drug-likeness (QED) is 0.399. The van der Waals surface area contributed by atoms with Crippen LogP contribution in [0.5, 0.6) is 5.88 Å². The third kappa shape index (κ3) is 4.68. The predicted octanol–water partition coefficient (Wildman–Crippen LogP) is 4.02. The molecule has 5 aromatic rings. The number of nitrogens with zero attached hydrogens (tertiary/aromatic N) is 6. The number of pyridine rings is 2. The van der Waals surface area contributed by atoms with Gasteiger partial charge in [-0.3, -0.25) is 4.68 Å². The Bertz CT molecular complexity index is 1590. The molecule has 0 saturated heterocycles. The van der Waals surface area contributed by atoms with Crippen LogP contribution in [-0.4, -0.2) is 31.5 Å². The van der Waals surface area contributed by atoms with E-state index in [0.717, 1.165) is 33.5 Å². The Kier molecular flexibility index (Phi) is 5.85. The summed E-state index contributed by atoms with van der Waals surface area (Å²) >= 11 is 0. The predicted molar refractivity (Wildman–Crippen MR) is 133 cm³/mol. The standard InChI is InChI=1S/C27H21N7O/c1-33-17-24(16-31-33)22-11-21(27-23(12-28)15-32-34(27)18-22)7-3-19-4-8-25(9-5-19)29-13-20-6-10-26(35-2)30-14-20/h4-6,8-11,14-18,29H,13H2,1-2H3. The second kappa shape index (κ2) is 9.42. The second-order valence-electron chi connectivity index (χ2n) is 7.90. The van der Waals surface area contributed by atoms with Gasteiger partial charge in [0.25, 0.3) is 0 Å². The maximum Gasteiger partial charge on any atom is 0.212 e. The molecule has 35 heavy (non-hydrogen) atoms. The smallest absolute Gasteiger partial charge is 0.212 e. The van der Waals surface area contributed by atoms with Crippen molar-refractivity contribution in [3.63, 3.8) is 0 Å². The van der Waals surface area contributed by atoms with Crippen LogP contribution in [0.4, 0.5) is 5.69 Å². The maximum absolute atomic E-state index is 9.53. The Balaban J connectivity index is 1.39. The minimum Gasteiger partial charge on any atom is -0.481 e. The first-order chi connectivity index (χ1) is 17.1. The molecule has 170 valence electrons. The average molecular weight is 460 g/mol. The number of aromatic nitrogens is 5. The Morgan fingerprint density at radius 3 is 2.49 bits per heavy atom. The first-order valence-corrected chi connectivity index (χ1v) is 10.9. The molecular formula is C27H21N7O. The van der Waals surface area contributed by atoms with E-state index in [1.807, 2.05) is 61.9 Å². The molecule has 0 aliphatic carbocycles. The monoisotopic (exact) mass is 459 g/mol. The number of benzene rings is 1. The minimum absolute atomic E-state index is 0.486. The number of methoxy groups -OCH3 is 1. The van der Waals surface area contributed by atoms with E-state index in [1.54, 1.807) is 34.9 Å². The van der Waals surface area contributed by atoms with Gasteiger partial charge in [0, 0.05) is 60.6 Å². The molecule has 8 heteroatoms. The van der Waals surface area contributed by atoms with Gasteiger partial charge >= 0.3 is 0 Å². The summed E-state index contributed by atoms with van der Waals surface area (Å²) in [5.41, 5.74) is 6.69. The van der Waals surface area contributed by atoms with Gasteiger partial charge in [0.15, 0.2) is 0 Å². The van der Waals surface area contributed by atoms with E-state index in [1.165, 1.54) is 0 Å². The highest BCUT2D eigenvalue weighted by Crippen LogP contribution is 2.24. The van der Waals surface area contributed by atoms with Gasteiger partial charge in [-0.05, 0) is 35.9 Å². The Morgan fingerprint density at radius 2 is 1.80 bits per heavy atom. The van der Waals surface area contributed by atoms with Gasteiger partial charge in [-0.15, -0.1) is 0 Å². The number of hydrogen-bond acceptors (Lipinski definition) is 6. The van der Waals surface area contributed by atoms with Crippen molar-refractivity contribution in [1.82, 2.24) is 24.4 Å². The van der Waals surface area contributed by atoms with E-state index in [9.17, 15) is 5.26 Å². The molecule has 0 fully saturated rings. The zero-order chi connectivity index (χ0) is 24.2. The van der Waals surface area contributed by atoms with Crippen molar-refractivity contribution in [2.75, 3.05) is 12.4 Å². The van der Waals surface area contributed by atoms with Crippen molar-refractivity contribution >= 4 is 11.2 Å².